The Hall–Kier alpha value is -2.31. The first-order valence-electron chi connectivity index (χ1n) is 9.20. The smallest absolute Gasteiger partial charge is 0.228 e. The van der Waals surface area contributed by atoms with Crippen LogP contribution in [0.5, 0.6) is 0 Å². The summed E-state index contributed by atoms with van der Waals surface area (Å²) >= 11 is 6.22. The highest BCUT2D eigenvalue weighted by molar-refractivity contribution is 6.33. The summed E-state index contributed by atoms with van der Waals surface area (Å²) in [6.07, 6.45) is 1.92. The highest BCUT2D eigenvalue weighted by Crippen LogP contribution is 2.31. The topological polar surface area (TPSA) is 57.0 Å². The van der Waals surface area contributed by atoms with Gasteiger partial charge in [-0.1, -0.05) is 23.7 Å². The van der Waals surface area contributed by atoms with E-state index in [-0.39, 0.29) is 24.2 Å². The molecule has 2 fully saturated rings. The molecule has 0 saturated carbocycles. The van der Waals surface area contributed by atoms with Crippen LogP contribution in [-0.4, -0.2) is 54.3 Å². The van der Waals surface area contributed by atoms with Crippen molar-refractivity contribution in [2.75, 3.05) is 37.6 Å². The summed E-state index contributed by atoms with van der Waals surface area (Å²) in [5.74, 6) is 0.658. The third-order valence-electron chi connectivity index (χ3n) is 5.26. The van der Waals surface area contributed by atoms with Gasteiger partial charge in [0.05, 0.1) is 29.4 Å². The van der Waals surface area contributed by atoms with Gasteiger partial charge in [-0.2, -0.15) is 0 Å². The summed E-state index contributed by atoms with van der Waals surface area (Å²) in [7, 11) is 0. The molecule has 0 radical (unpaired) electrons. The molecule has 1 aromatic carbocycles. The Bertz CT molecular complexity index is 816. The number of halogens is 1. The van der Waals surface area contributed by atoms with Gasteiger partial charge in [0.25, 0.3) is 0 Å². The number of piperazine rings is 1. The van der Waals surface area contributed by atoms with Gasteiger partial charge in [-0.05, 0) is 24.3 Å². The quantitative estimate of drug-likeness (QED) is 0.809. The number of hydrogen-bond donors (Lipinski definition) is 0. The van der Waals surface area contributed by atoms with E-state index in [2.05, 4.69) is 4.90 Å². The molecule has 6 nitrogen and oxygen atoms in total. The highest BCUT2D eigenvalue weighted by Gasteiger charge is 2.38. The van der Waals surface area contributed by atoms with Crippen LogP contribution in [0.1, 0.15) is 12.2 Å². The van der Waals surface area contributed by atoms with Gasteiger partial charge in [0, 0.05) is 39.1 Å². The van der Waals surface area contributed by atoms with Gasteiger partial charge in [0.2, 0.25) is 11.8 Å². The average molecular weight is 388 g/mol. The number of carbonyl (C=O) groups is 2. The van der Waals surface area contributed by atoms with Crippen LogP contribution in [0.15, 0.2) is 47.1 Å². The van der Waals surface area contributed by atoms with Crippen LogP contribution < -0.4 is 4.90 Å². The van der Waals surface area contributed by atoms with Crippen molar-refractivity contribution in [3.05, 3.63) is 53.4 Å². The largest absolute Gasteiger partial charge is 0.468 e. The second-order valence-corrected chi connectivity index (χ2v) is 7.44. The van der Waals surface area contributed by atoms with Crippen LogP contribution in [0.2, 0.25) is 5.02 Å². The molecule has 0 aliphatic carbocycles. The molecular weight excluding hydrogens is 366 g/mol. The van der Waals surface area contributed by atoms with E-state index < -0.39 is 0 Å². The van der Waals surface area contributed by atoms with E-state index >= 15 is 0 Å². The summed E-state index contributed by atoms with van der Waals surface area (Å²) in [6, 6.07) is 11.1. The van der Waals surface area contributed by atoms with Crippen molar-refractivity contribution in [2.45, 2.75) is 13.0 Å². The Balaban J connectivity index is 1.34. The average Bonchev–Trinajstić information content (AvgIpc) is 3.32. The molecular formula is C20H22ClN3O3. The standard InChI is InChI=1S/C20H22ClN3O3/c21-17-5-1-2-6-18(17)24-13-15(12-19(24)25)20(26)23-9-7-22(8-10-23)14-16-4-3-11-27-16/h1-6,11,15H,7-10,12-14H2. The maximum Gasteiger partial charge on any atom is 0.228 e. The lowest BCUT2D eigenvalue weighted by molar-refractivity contribution is -0.137. The van der Waals surface area contributed by atoms with E-state index in [0.29, 0.717) is 30.3 Å². The number of hydrogen-bond acceptors (Lipinski definition) is 4. The van der Waals surface area contributed by atoms with Crippen LogP contribution in [0.25, 0.3) is 0 Å². The molecule has 1 unspecified atom stereocenters. The van der Waals surface area contributed by atoms with Gasteiger partial charge in [-0.15, -0.1) is 0 Å². The first-order valence-corrected chi connectivity index (χ1v) is 9.58. The van der Waals surface area contributed by atoms with Crippen LogP contribution in [0.4, 0.5) is 5.69 Å². The van der Waals surface area contributed by atoms with Gasteiger partial charge in [0.15, 0.2) is 0 Å². The molecule has 1 aromatic heterocycles. The zero-order valence-electron chi connectivity index (χ0n) is 15.0. The van der Waals surface area contributed by atoms with Crippen LogP contribution in [0, 0.1) is 5.92 Å². The molecule has 1 atom stereocenters. The summed E-state index contributed by atoms with van der Waals surface area (Å²) in [6.45, 7) is 4.13. The third-order valence-corrected chi connectivity index (χ3v) is 5.58. The van der Waals surface area contributed by atoms with Gasteiger partial charge in [-0.25, -0.2) is 0 Å². The zero-order valence-corrected chi connectivity index (χ0v) is 15.8. The molecule has 3 heterocycles. The lowest BCUT2D eigenvalue weighted by Crippen LogP contribution is -2.50. The summed E-state index contributed by atoms with van der Waals surface area (Å²) in [5, 5.41) is 0.533. The van der Waals surface area contributed by atoms with Crippen LogP contribution in [0.3, 0.4) is 0 Å². The molecule has 142 valence electrons. The van der Waals surface area contributed by atoms with E-state index in [1.54, 1.807) is 17.2 Å². The molecule has 0 bridgehead atoms. The number of amides is 2. The minimum Gasteiger partial charge on any atom is -0.468 e. The van der Waals surface area contributed by atoms with Crippen molar-refractivity contribution in [3.8, 4) is 0 Å². The normalized spacial score (nSPS) is 21.1. The first kappa shape index (κ1) is 18.1. The molecule has 0 spiro atoms. The number of rotatable bonds is 4. The molecule has 4 rings (SSSR count). The van der Waals surface area contributed by atoms with Gasteiger partial charge in [0.1, 0.15) is 5.76 Å². The minimum atomic E-state index is -0.301. The summed E-state index contributed by atoms with van der Waals surface area (Å²) in [4.78, 5) is 31.1. The van der Waals surface area contributed by atoms with E-state index in [9.17, 15) is 9.59 Å². The number of anilines is 1. The summed E-state index contributed by atoms with van der Waals surface area (Å²) in [5.41, 5.74) is 0.683. The van der Waals surface area contributed by atoms with E-state index in [0.717, 1.165) is 25.4 Å². The second kappa shape index (κ2) is 7.74. The van der Waals surface area contributed by atoms with E-state index in [4.69, 9.17) is 16.0 Å². The molecule has 0 N–H and O–H groups in total. The Morgan fingerprint density at radius 3 is 2.59 bits per heavy atom. The number of para-hydroxylation sites is 1. The Kier molecular flexibility index (Phi) is 5.18. The Labute approximate surface area is 163 Å². The predicted octanol–water partition coefficient (Wildman–Crippen LogP) is 2.63. The SMILES string of the molecule is O=C(C1CC(=O)N(c2ccccc2Cl)C1)N1CCN(Cc2ccco2)CC1. The third kappa shape index (κ3) is 3.87. The van der Waals surface area contributed by atoms with Crippen molar-refractivity contribution < 1.29 is 14.0 Å². The first-order chi connectivity index (χ1) is 13.1. The van der Waals surface area contributed by atoms with Crippen molar-refractivity contribution in [1.82, 2.24) is 9.80 Å². The van der Waals surface area contributed by atoms with E-state index in [1.807, 2.05) is 35.2 Å². The monoisotopic (exact) mass is 387 g/mol. The lowest BCUT2D eigenvalue weighted by atomic mass is 10.1. The number of furan rings is 1. The number of carbonyl (C=O) groups excluding carboxylic acids is 2. The Morgan fingerprint density at radius 2 is 1.89 bits per heavy atom. The fraction of sp³-hybridized carbons (Fsp3) is 0.400. The van der Waals surface area contributed by atoms with Crippen molar-refractivity contribution in [1.29, 1.82) is 0 Å². The fourth-order valence-electron chi connectivity index (χ4n) is 3.78. The van der Waals surface area contributed by atoms with Gasteiger partial charge < -0.3 is 14.2 Å². The van der Waals surface area contributed by atoms with Crippen molar-refractivity contribution in [2.24, 2.45) is 5.92 Å². The molecule has 27 heavy (non-hydrogen) atoms. The van der Waals surface area contributed by atoms with Crippen molar-refractivity contribution >= 4 is 29.1 Å². The van der Waals surface area contributed by atoms with Gasteiger partial charge in [-0.3, -0.25) is 14.5 Å². The molecule has 2 aliphatic rings. The zero-order chi connectivity index (χ0) is 18.8. The minimum absolute atomic E-state index is 0.0436. The van der Waals surface area contributed by atoms with Crippen LogP contribution in [-0.2, 0) is 16.1 Å². The van der Waals surface area contributed by atoms with Crippen molar-refractivity contribution in [3.63, 3.8) is 0 Å². The number of benzene rings is 1. The van der Waals surface area contributed by atoms with Gasteiger partial charge >= 0.3 is 0 Å². The lowest BCUT2D eigenvalue weighted by Gasteiger charge is -2.35. The molecule has 2 amide bonds. The highest BCUT2D eigenvalue weighted by atomic mass is 35.5. The molecule has 7 heteroatoms. The van der Waals surface area contributed by atoms with Crippen LogP contribution >= 0.6 is 11.6 Å². The predicted molar refractivity (Wildman–Crippen MR) is 102 cm³/mol. The summed E-state index contributed by atoms with van der Waals surface area (Å²) < 4.78 is 5.39. The maximum absolute atomic E-state index is 12.9. The number of nitrogens with zero attached hydrogens (tertiary/aromatic N) is 3. The maximum atomic E-state index is 12.9. The van der Waals surface area contributed by atoms with E-state index in [1.165, 1.54) is 0 Å². The molecule has 2 saturated heterocycles. The molecule has 2 aliphatic heterocycles. The second-order valence-electron chi connectivity index (χ2n) is 7.04. The fourth-order valence-corrected chi connectivity index (χ4v) is 4.02. The molecule has 2 aromatic rings. The Morgan fingerprint density at radius 1 is 1.11 bits per heavy atom.